The van der Waals surface area contributed by atoms with Gasteiger partial charge in [0.15, 0.2) is 0 Å². The molecule has 0 aromatic heterocycles. The van der Waals surface area contributed by atoms with Crippen LogP contribution in [0.15, 0.2) is 88.9 Å². The van der Waals surface area contributed by atoms with E-state index in [0.29, 0.717) is 12.1 Å². The predicted octanol–water partition coefficient (Wildman–Crippen LogP) is 5.34. The van der Waals surface area contributed by atoms with Crippen molar-refractivity contribution in [2.75, 3.05) is 0 Å². The highest BCUT2D eigenvalue weighted by Gasteiger charge is 2.37. The van der Waals surface area contributed by atoms with E-state index >= 15 is 0 Å². The Balaban J connectivity index is 1.56. The maximum atomic E-state index is 12.8. The number of hydrogen-bond acceptors (Lipinski definition) is 4. The summed E-state index contributed by atoms with van der Waals surface area (Å²) in [6.07, 6.45) is 0.292. The summed E-state index contributed by atoms with van der Waals surface area (Å²) < 4.78 is 27.3. The van der Waals surface area contributed by atoms with E-state index in [-0.39, 0.29) is 4.90 Å². The summed E-state index contributed by atoms with van der Waals surface area (Å²) in [5.74, 6) is 0. The number of nitrogens with one attached hydrogen (secondary N) is 1. The Hall–Kier alpha value is -2.87. The minimum absolute atomic E-state index is 0.0220. The zero-order valence-electron chi connectivity index (χ0n) is 17.7. The molecule has 1 aliphatic rings. The number of benzene rings is 3. The van der Waals surface area contributed by atoms with Gasteiger partial charge in [-0.1, -0.05) is 72.3 Å². The normalized spacial score (nSPS) is 16.1. The topological polar surface area (TPSA) is 78.8 Å². The second-order valence-corrected chi connectivity index (χ2v) is 10.5. The van der Waals surface area contributed by atoms with Gasteiger partial charge in [0.2, 0.25) is 0 Å². The van der Waals surface area contributed by atoms with Crippen molar-refractivity contribution in [3.05, 3.63) is 90.0 Å². The van der Waals surface area contributed by atoms with Gasteiger partial charge in [0.25, 0.3) is 10.0 Å². The van der Waals surface area contributed by atoms with Crippen LogP contribution in [0.2, 0.25) is 0 Å². The summed E-state index contributed by atoms with van der Waals surface area (Å²) in [7, 11) is -4.08. The van der Waals surface area contributed by atoms with Crippen molar-refractivity contribution in [2.24, 2.45) is 5.10 Å². The van der Waals surface area contributed by atoms with Crippen LogP contribution in [0, 0.1) is 6.92 Å². The van der Waals surface area contributed by atoms with Crippen LogP contribution in [0.3, 0.4) is 0 Å². The maximum Gasteiger partial charge on any atom is 0.352 e. The van der Waals surface area contributed by atoms with Crippen molar-refractivity contribution in [2.45, 2.75) is 29.1 Å². The third-order valence-corrected chi connectivity index (χ3v) is 7.24. The maximum absolute atomic E-state index is 12.8. The molecule has 4 rings (SSSR count). The number of carbonyl (C=O) groups is 1. The van der Waals surface area contributed by atoms with Crippen LogP contribution in [-0.4, -0.2) is 36.0 Å². The van der Waals surface area contributed by atoms with E-state index < -0.39 is 26.9 Å². The summed E-state index contributed by atoms with van der Waals surface area (Å²) in [4.78, 5) is 11.9. The summed E-state index contributed by atoms with van der Waals surface area (Å²) >= 11 is 12.2. The van der Waals surface area contributed by atoms with Crippen molar-refractivity contribution < 1.29 is 13.2 Å². The number of alkyl halides is 2. The molecule has 1 heterocycles. The Morgan fingerprint density at radius 1 is 0.939 bits per heavy atom. The molecule has 0 radical (unpaired) electrons. The van der Waals surface area contributed by atoms with Gasteiger partial charge >= 0.3 is 6.03 Å². The highest BCUT2D eigenvalue weighted by molar-refractivity contribution is 7.90. The summed E-state index contributed by atoms with van der Waals surface area (Å²) in [6, 6.07) is 22.2. The van der Waals surface area contributed by atoms with Gasteiger partial charge in [0.05, 0.1) is 16.6 Å². The molecule has 3 aromatic rings. The predicted molar refractivity (Wildman–Crippen MR) is 131 cm³/mol. The number of carbonyl (C=O) groups excluding carboxylic acids is 1. The van der Waals surface area contributed by atoms with E-state index in [0.717, 1.165) is 27.3 Å². The lowest BCUT2D eigenvalue weighted by atomic mass is 10.00. The molecule has 0 saturated carbocycles. The van der Waals surface area contributed by atoms with E-state index in [1.54, 1.807) is 12.1 Å². The fraction of sp³-hybridized carbons (Fsp3) is 0.167. The van der Waals surface area contributed by atoms with Gasteiger partial charge in [-0.2, -0.15) is 5.10 Å². The molecule has 3 aromatic carbocycles. The number of aryl methyl sites for hydroxylation is 1. The molecule has 0 bridgehead atoms. The lowest BCUT2D eigenvalue weighted by Gasteiger charge is -2.22. The van der Waals surface area contributed by atoms with Crippen LogP contribution >= 0.6 is 23.2 Å². The summed E-state index contributed by atoms with van der Waals surface area (Å²) in [5, 5.41) is 5.37. The zero-order chi connectivity index (χ0) is 23.6. The second-order valence-electron chi connectivity index (χ2n) is 7.66. The van der Waals surface area contributed by atoms with Gasteiger partial charge in [-0.15, -0.1) is 23.2 Å². The van der Waals surface area contributed by atoms with Gasteiger partial charge in [-0.25, -0.2) is 22.9 Å². The van der Waals surface area contributed by atoms with Crippen molar-refractivity contribution in [3.63, 3.8) is 0 Å². The SMILES string of the molecule is Cc1ccc(S(=O)(=O)NC(=O)N2N=C(c3ccc(-c4ccccc4)cc3)CC2C(Cl)Cl)cc1. The molecule has 1 atom stereocenters. The lowest BCUT2D eigenvalue weighted by Crippen LogP contribution is -2.45. The largest absolute Gasteiger partial charge is 0.352 e. The van der Waals surface area contributed by atoms with Crippen LogP contribution in [-0.2, 0) is 10.0 Å². The minimum Gasteiger partial charge on any atom is -0.246 e. The van der Waals surface area contributed by atoms with E-state index in [1.807, 2.05) is 61.5 Å². The van der Waals surface area contributed by atoms with Crippen LogP contribution in [0.25, 0.3) is 11.1 Å². The first-order valence-electron chi connectivity index (χ1n) is 10.2. The fourth-order valence-electron chi connectivity index (χ4n) is 3.52. The van der Waals surface area contributed by atoms with Gasteiger partial charge in [0, 0.05) is 6.42 Å². The number of amides is 2. The smallest absolute Gasteiger partial charge is 0.246 e. The second kappa shape index (κ2) is 9.55. The molecule has 9 heteroatoms. The van der Waals surface area contributed by atoms with Crippen molar-refractivity contribution in [1.29, 1.82) is 0 Å². The average molecular weight is 502 g/mol. The monoisotopic (exact) mass is 501 g/mol. The fourth-order valence-corrected chi connectivity index (χ4v) is 4.85. The molecular formula is C24H21Cl2N3O3S. The minimum atomic E-state index is -4.08. The van der Waals surface area contributed by atoms with E-state index in [9.17, 15) is 13.2 Å². The van der Waals surface area contributed by atoms with Crippen LogP contribution in [0.1, 0.15) is 17.5 Å². The number of sulfonamides is 1. The average Bonchev–Trinajstić information content (AvgIpc) is 3.26. The Morgan fingerprint density at radius 2 is 1.52 bits per heavy atom. The number of rotatable bonds is 5. The van der Waals surface area contributed by atoms with Crippen LogP contribution in [0.4, 0.5) is 4.79 Å². The first kappa shape index (κ1) is 23.3. The molecule has 0 aliphatic carbocycles. The standard InChI is InChI=1S/C24H21Cl2N3O3S/c1-16-7-13-20(14-8-16)33(31,32)28-24(30)29-22(23(25)26)15-21(27-29)19-11-9-18(10-12-19)17-5-3-2-4-6-17/h2-14,22-23H,15H2,1H3,(H,28,30). The molecule has 2 amide bonds. The molecule has 1 N–H and O–H groups in total. The van der Waals surface area contributed by atoms with Crippen molar-refractivity contribution >= 4 is 45.0 Å². The van der Waals surface area contributed by atoms with Crippen molar-refractivity contribution in [3.8, 4) is 11.1 Å². The van der Waals surface area contributed by atoms with E-state index in [4.69, 9.17) is 23.2 Å². The number of nitrogens with zero attached hydrogens (tertiary/aromatic N) is 2. The molecule has 0 spiro atoms. The number of urea groups is 1. The summed E-state index contributed by atoms with van der Waals surface area (Å²) in [6.45, 7) is 1.84. The molecule has 1 aliphatic heterocycles. The Kier molecular flexibility index (Phi) is 6.74. The molecular weight excluding hydrogens is 481 g/mol. The number of hydrogen-bond donors (Lipinski definition) is 1. The first-order chi connectivity index (χ1) is 15.7. The third-order valence-electron chi connectivity index (χ3n) is 5.32. The van der Waals surface area contributed by atoms with E-state index in [2.05, 4.69) is 9.82 Å². The highest BCUT2D eigenvalue weighted by atomic mass is 35.5. The Morgan fingerprint density at radius 3 is 2.12 bits per heavy atom. The van der Waals surface area contributed by atoms with Gasteiger partial charge in [-0.3, -0.25) is 0 Å². The molecule has 33 heavy (non-hydrogen) atoms. The Labute approximate surface area is 202 Å². The highest BCUT2D eigenvalue weighted by Crippen LogP contribution is 2.28. The molecule has 0 fully saturated rings. The first-order valence-corrected chi connectivity index (χ1v) is 12.5. The van der Waals surface area contributed by atoms with Gasteiger partial charge in [0.1, 0.15) is 4.84 Å². The molecule has 1 unspecified atom stereocenters. The van der Waals surface area contributed by atoms with Gasteiger partial charge in [-0.05, 0) is 35.7 Å². The Bertz CT molecular complexity index is 1280. The number of hydrazone groups is 1. The molecule has 0 saturated heterocycles. The van der Waals surface area contributed by atoms with Crippen molar-refractivity contribution in [1.82, 2.24) is 9.73 Å². The lowest BCUT2D eigenvalue weighted by molar-refractivity contribution is 0.194. The third kappa shape index (κ3) is 5.21. The molecule has 6 nitrogen and oxygen atoms in total. The quantitative estimate of drug-likeness (QED) is 0.479. The van der Waals surface area contributed by atoms with Gasteiger partial charge < -0.3 is 0 Å². The number of halogens is 2. The molecule has 170 valence electrons. The van der Waals surface area contributed by atoms with Crippen LogP contribution < -0.4 is 4.72 Å². The summed E-state index contributed by atoms with van der Waals surface area (Å²) in [5.41, 5.74) is 4.42. The van der Waals surface area contributed by atoms with E-state index in [1.165, 1.54) is 12.1 Å². The van der Waals surface area contributed by atoms with Crippen LogP contribution in [0.5, 0.6) is 0 Å². The zero-order valence-corrected chi connectivity index (χ0v) is 20.0.